The van der Waals surface area contributed by atoms with E-state index in [2.05, 4.69) is 30.2 Å². The Balaban J connectivity index is 3.83. The minimum Gasteiger partial charge on any atom is -0.480 e. The number of carbonyl (C=O) groups is 1. The van der Waals surface area contributed by atoms with Crippen molar-refractivity contribution in [3.63, 3.8) is 0 Å². The van der Waals surface area contributed by atoms with Crippen molar-refractivity contribution < 1.29 is 9.90 Å². The van der Waals surface area contributed by atoms with Crippen molar-refractivity contribution in [3.05, 3.63) is 0 Å². The number of nitrogens with one attached hydrogen (secondary N) is 1. The lowest BCUT2D eigenvalue weighted by atomic mass is 10.2. The summed E-state index contributed by atoms with van der Waals surface area (Å²) in [5, 5.41) is 11.0. The van der Waals surface area contributed by atoms with Gasteiger partial charge in [-0.15, -0.1) is 12.6 Å². The zero-order chi connectivity index (χ0) is 8.15. The van der Waals surface area contributed by atoms with Crippen LogP contribution < -0.4 is 5.32 Å². The minimum absolute atomic E-state index is 0.217. The molecule has 0 heterocycles. The van der Waals surface area contributed by atoms with Gasteiger partial charge in [-0.3, -0.25) is 0 Å². The average Bonchev–Trinajstić information content (AvgIpc) is 1.81. The maximum atomic E-state index is 10.3. The van der Waals surface area contributed by atoms with Gasteiger partial charge in [0.05, 0.1) is 0 Å². The van der Waals surface area contributed by atoms with Gasteiger partial charge in [0.1, 0.15) is 10.4 Å². The topological polar surface area (TPSA) is 49.3 Å². The molecule has 0 aliphatic rings. The first-order valence-corrected chi connectivity index (χ1v) is 3.65. The van der Waals surface area contributed by atoms with Gasteiger partial charge in [0.15, 0.2) is 0 Å². The SMILES string of the molecule is CCC(NC(=S)S)C(=O)O. The van der Waals surface area contributed by atoms with E-state index in [9.17, 15) is 4.79 Å². The fraction of sp³-hybridized carbons (Fsp3) is 0.600. The summed E-state index contributed by atoms with van der Waals surface area (Å²) in [4.78, 5) is 10.3. The fourth-order valence-corrected chi connectivity index (χ4v) is 0.786. The van der Waals surface area contributed by atoms with Gasteiger partial charge in [0, 0.05) is 0 Å². The Bertz CT molecular complexity index is 149. The zero-order valence-corrected chi connectivity index (χ0v) is 7.21. The second-order valence-electron chi connectivity index (χ2n) is 1.75. The minimum atomic E-state index is -0.904. The summed E-state index contributed by atoms with van der Waals surface area (Å²) in [6, 6.07) is -0.606. The lowest BCUT2D eigenvalue weighted by Crippen LogP contribution is -2.37. The van der Waals surface area contributed by atoms with Crippen LogP contribution in [0, 0.1) is 0 Å². The van der Waals surface area contributed by atoms with Gasteiger partial charge in [0.2, 0.25) is 0 Å². The first kappa shape index (κ1) is 9.71. The third-order valence-electron chi connectivity index (χ3n) is 1.00. The van der Waals surface area contributed by atoms with Gasteiger partial charge in [0.25, 0.3) is 0 Å². The van der Waals surface area contributed by atoms with E-state index >= 15 is 0 Å². The van der Waals surface area contributed by atoms with E-state index in [4.69, 9.17) is 5.11 Å². The highest BCUT2D eigenvalue weighted by Gasteiger charge is 2.13. The van der Waals surface area contributed by atoms with Crippen LogP contribution in [-0.4, -0.2) is 21.4 Å². The molecule has 0 radical (unpaired) electrons. The van der Waals surface area contributed by atoms with Crippen LogP contribution in [0.2, 0.25) is 0 Å². The van der Waals surface area contributed by atoms with Crippen molar-refractivity contribution in [2.45, 2.75) is 19.4 Å². The molecule has 0 amide bonds. The molecule has 0 aromatic carbocycles. The van der Waals surface area contributed by atoms with Gasteiger partial charge in [-0.2, -0.15) is 0 Å². The number of carboxylic acids is 1. The van der Waals surface area contributed by atoms with Gasteiger partial charge < -0.3 is 10.4 Å². The van der Waals surface area contributed by atoms with Crippen LogP contribution in [0.25, 0.3) is 0 Å². The first-order chi connectivity index (χ1) is 4.57. The van der Waals surface area contributed by atoms with E-state index in [1.54, 1.807) is 6.92 Å². The summed E-state index contributed by atoms with van der Waals surface area (Å²) in [5.74, 6) is -0.904. The van der Waals surface area contributed by atoms with E-state index in [1.807, 2.05) is 0 Å². The molecule has 1 unspecified atom stereocenters. The van der Waals surface area contributed by atoms with Gasteiger partial charge >= 0.3 is 5.97 Å². The van der Waals surface area contributed by atoms with Crippen molar-refractivity contribution in [1.82, 2.24) is 5.32 Å². The smallest absolute Gasteiger partial charge is 0.326 e. The first-order valence-electron chi connectivity index (χ1n) is 2.80. The normalized spacial score (nSPS) is 12.2. The molecule has 0 bridgehead atoms. The van der Waals surface area contributed by atoms with Gasteiger partial charge in [-0.25, -0.2) is 4.79 Å². The highest BCUT2D eigenvalue weighted by molar-refractivity contribution is 8.11. The molecule has 0 rings (SSSR count). The van der Waals surface area contributed by atoms with E-state index in [1.165, 1.54) is 0 Å². The molecular weight excluding hydrogens is 170 g/mol. The summed E-state index contributed by atoms with van der Waals surface area (Å²) in [7, 11) is 0. The predicted octanol–water partition coefficient (Wildman–Crippen LogP) is 0.654. The van der Waals surface area contributed by atoms with Crippen molar-refractivity contribution >= 4 is 35.1 Å². The van der Waals surface area contributed by atoms with Crippen LogP contribution in [0.15, 0.2) is 0 Å². The molecular formula is C5H9NO2S2. The molecule has 0 fully saturated rings. The third-order valence-corrected chi connectivity index (χ3v) is 1.25. The second-order valence-corrected chi connectivity index (χ2v) is 2.91. The summed E-state index contributed by atoms with van der Waals surface area (Å²) in [6.45, 7) is 1.76. The quantitative estimate of drug-likeness (QED) is 0.440. The van der Waals surface area contributed by atoms with Crippen molar-refractivity contribution in [2.75, 3.05) is 0 Å². The Kier molecular flexibility index (Phi) is 4.38. The molecule has 0 saturated carbocycles. The molecule has 58 valence electrons. The lowest BCUT2D eigenvalue weighted by molar-refractivity contribution is -0.139. The molecule has 0 aliphatic heterocycles. The van der Waals surface area contributed by atoms with E-state index in [0.29, 0.717) is 6.42 Å². The molecule has 0 spiro atoms. The molecule has 0 aromatic heterocycles. The van der Waals surface area contributed by atoms with Crippen molar-refractivity contribution in [3.8, 4) is 0 Å². The standard InChI is InChI=1S/C5H9NO2S2/c1-2-3(4(7)8)6-5(9)10/h3H,2H2,1H3,(H,7,8)(H2,6,9,10). The van der Waals surface area contributed by atoms with Crippen molar-refractivity contribution in [1.29, 1.82) is 0 Å². The van der Waals surface area contributed by atoms with Gasteiger partial charge in [-0.05, 0) is 6.42 Å². The number of carboxylic acid groups (broad SMARTS) is 1. The van der Waals surface area contributed by atoms with Crippen molar-refractivity contribution in [2.24, 2.45) is 0 Å². The van der Waals surface area contributed by atoms with E-state index in [0.717, 1.165) is 0 Å². The van der Waals surface area contributed by atoms with Gasteiger partial charge in [-0.1, -0.05) is 19.1 Å². The molecule has 2 N–H and O–H groups in total. The Labute approximate surface area is 70.2 Å². The number of hydrogen-bond donors (Lipinski definition) is 3. The Morgan fingerprint density at radius 3 is 2.50 bits per heavy atom. The van der Waals surface area contributed by atoms with Crippen LogP contribution in [0.1, 0.15) is 13.3 Å². The summed E-state index contributed by atoms with van der Waals surface area (Å²) in [6.07, 6.45) is 0.496. The molecule has 0 aliphatic carbocycles. The third kappa shape index (κ3) is 3.68. The zero-order valence-electron chi connectivity index (χ0n) is 5.50. The molecule has 0 saturated heterocycles. The number of hydrogen-bond acceptors (Lipinski definition) is 2. The van der Waals surface area contributed by atoms with Crippen LogP contribution in [0.4, 0.5) is 0 Å². The largest absolute Gasteiger partial charge is 0.480 e. The number of rotatable bonds is 3. The Morgan fingerprint density at radius 1 is 1.90 bits per heavy atom. The summed E-state index contributed by atoms with van der Waals surface area (Å²) < 4.78 is 0.217. The average molecular weight is 179 g/mol. The van der Waals surface area contributed by atoms with Crippen LogP contribution in [-0.2, 0) is 4.79 Å². The lowest BCUT2D eigenvalue weighted by Gasteiger charge is -2.10. The number of aliphatic carboxylic acids is 1. The van der Waals surface area contributed by atoms with Crippen LogP contribution in [0.3, 0.4) is 0 Å². The van der Waals surface area contributed by atoms with Crippen LogP contribution in [0.5, 0.6) is 0 Å². The van der Waals surface area contributed by atoms with E-state index < -0.39 is 12.0 Å². The number of thiol groups is 1. The predicted molar refractivity (Wildman–Crippen MR) is 46.4 cm³/mol. The highest BCUT2D eigenvalue weighted by atomic mass is 32.1. The Hall–Kier alpha value is -0.290. The maximum Gasteiger partial charge on any atom is 0.326 e. The summed E-state index contributed by atoms with van der Waals surface area (Å²) in [5.41, 5.74) is 0. The second kappa shape index (κ2) is 4.51. The molecule has 3 nitrogen and oxygen atoms in total. The number of thiocarbonyl (C=S) groups is 1. The molecule has 5 heteroatoms. The summed E-state index contributed by atoms with van der Waals surface area (Å²) >= 11 is 8.29. The van der Waals surface area contributed by atoms with E-state index in [-0.39, 0.29) is 4.32 Å². The highest BCUT2D eigenvalue weighted by Crippen LogP contribution is 1.92. The molecule has 10 heavy (non-hydrogen) atoms. The monoisotopic (exact) mass is 179 g/mol. The molecule has 1 atom stereocenters. The Morgan fingerprint density at radius 2 is 2.40 bits per heavy atom. The fourth-order valence-electron chi connectivity index (χ4n) is 0.487. The molecule has 0 aromatic rings. The van der Waals surface area contributed by atoms with Crippen LogP contribution >= 0.6 is 24.8 Å². The maximum absolute atomic E-state index is 10.3.